The number of hydrogen-bond donors (Lipinski definition) is 2. The second-order valence-electron chi connectivity index (χ2n) is 7.16. The van der Waals surface area contributed by atoms with E-state index in [2.05, 4.69) is 10.0 Å². The number of aryl methyl sites for hydroxylation is 1. The molecule has 0 aliphatic carbocycles. The minimum Gasteiger partial charge on any atom is -0.338 e. The van der Waals surface area contributed by atoms with E-state index in [1.807, 2.05) is 37.3 Å². The molecule has 3 rings (SSSR count). The van der Waals surface area contributed by atoms with Gasteiger partial charge in [0.1, 0.15) is 0 Å². The third-order valence-electron chi connectivity index (χ3n) is 4.97. The minimum absolute atomic E-state index is 0.0872. The molecule has 7 heteroatoms. The second-order valence-corrected chi connectivity index (χ2v) is 8.88. The van der Waals surface area contributed by atoms with Gasteiger partial charge in [-0.15, -0.1) is 0 Å². The van der Waals surface area contributed by atoms with E-state index in [1.54, 1.807) is 29.2 Å². The normalized spacial score (nSPS) is 15.4. The van der Waals surface area contributed by atoms with Crippen molar-refractivity contribution in [2.75, 3.05) is 19.6 Å². The van der Waals surface area contributed by atoms with E-state index in [9.17, 15) is 13.2 Å². The maximum atomic E-state index is 12.5. The number of sulfonamides is 1. The number of carbonyl (C=O) groups excluding carboxylic acids is 1. The van der Waals surface area contributed by atoms with Gasteiger partial charge in [0.15, 0.2) is 0 Å². The molecule has 6 nitrogen and oxygen atoms in total. The Bertz CT molecular complexity index is 875. The zero-order valence-electron chi connectivity index (χ0n) is 16.1. The number of piperidine rings is 1. The van der Waals surface area contributed by atoms with Gasteiger partial charge in [-0.05, 0) is 43.9 Å². The van der Waals surface area contributed by atoms with Crippen LogP contribution in [0.15, 0.2) is 59.5 Å². The smallest absolute Gasteiger partial charge is 0.317 e. The standard InChI is InChI=1S/C21H27N3O3S/c1-17-7-9-20(10-8-17)28(26,27)23-19-12-15-24(16-13-19)21(25)22-14-11-18-5-3-2-4-6-18/h2-10,19,23H,11-16H2,1H3,(H,22,25). The van der Waals surface area contributed by atoms with E-state index < -0.39 is 10.0 Å². The Balaban J connectivity index is 1.43. The van der Waals surface area contributed by atoms with Gasteiger partial charge >= 0.3 is 6.03 Å². The highest BCUT2D eigenvalue weighted by atomic mass is 32.2. The number of nitrogens with zero attached hydrogens (tertiary/aromatic N) is 1. The van der Waals surface area contributed by atoms with Crippen LogP contribution in [0.25, 0.3) is 0 Å². The molecule has 2 aromatic rings. The van der Waals surface area contributed by atoms with E-state index in [4.69, 9.17) is 0 Å². The molecule has 1 fully saturated rings. The quantitative estimate of drug-likeness (QED) is 0.781. The molecule has 2 amide bonds. The Morgan fingerprint density at radius 2 is 1.68 bits per heavy atom. The molecule has 0 spiro atoms. The van der Waals surface area contributed by atoms with Crippen molar-refractivity contribution in [2.24, 2.45) is 0 Å². The predicted molar refractivity (Wildman–Crippen MR) is 110 cm³/mol. The lowest BCUT2D eigenvalue weighted by Crippen LogP contribution is -2.49. The summed E-state index contributed by atoms with van der Waals surface area (Å²) in [5.74, 6) is 0. The van der Waals surface area contributed by atoms with Gasteiger partial charge in [-0.2, -0.15) is 0 Å². The van der Waals surface area contributed by atoms with Crippen LogP contribution in [0.3, 0.4) is 0 Å². The molecule has 150 valence electrons. The van der Waals surface area contributed by atoms with E-state index in [0.29, 0.717) is 32.5 Å². The lowest BCUT2D eigenvalue weighted by atomic mass is 10.1. The molecule has 0 bridgehead atoms. The van der Waals surface area contributed by atoms with E-state index in [-0.39, 0.29) is 17.0 Å². The van der Waals surface area contributed by atoms with Crippen molar-refractivity contribution in [3.8, 4) is 0 Å². The van der Waals surface area contributed by atoms with Crippen molar-refractivity contribution in [3.63, 3.8) is 0 Å². The largest absolute Gasteiger partial charge is 0.338 e. The summed E-state index contributed by atoms with van der Waals surface area (Å²) in [5.41, 5.74) is 2.21. The van der Waals surface area contributed by atoms with Gasteiger partial charge in [0.25, 0.3) is 0 Å². The number of rotatable bonds is 6. The Kier molecular flexibility index (Phi) is 6.70. The SMILES string of the molecule is Cc1ccc(S(=O)(=O)NC2CCN(C(=O)NCCc3ccccc3)CC2)cc1. The predicted octanol–water partition coefficient (Wildman–Crippen LogP) is 2.69. The summed E-state index contributed by atoms with van der Waals surface area (Å²) < 4.78 is 27.8. The lowest BCUT2D eigenvalue weighted by molar-refractivity contribution is 0.180. The molecule has 28 heavy (non-hydrogen) atoms. The average molecular weight is 402 g/mol. The van der Waals surface area contributed by atoms with Gasteiger partial charge in [-0.1, -0.05) is 48.0 Å². The third-order valence-corrected chi connectivity index (χ3v) is 6.50. The van der Waals surface area contributed by atoms with Crippen LogP contribution in [0.1, 0.15) is 24.0 Å². The molecule has 2 aromatic carbocycles. The minimum atomic E-state index is -3.53. The van der Waals surface area contributed by atoms with Gasteiger partial charge in [-0.3, -0.25) is 0 Å². The number of hydrogen-bond acceptors (Lipinski definition) is 3. The number of benzene rings is 2. The van der Waals surface area contributed by atoms with Crippen LogP contribution in [0.5, 0.6) is 0 Å². The first-order valence-electron chi connectivity index (χ1n) is 9.60. The number of amides is 2. The summed E-state index contributed by atoms with van der Waals surface area (Å²) in [4.78, 5) is 14.3. The molecule has 2 N–H and O–H groups in total. The van der Waals surface area contributed by atoms with Gasteiger partial charge in [0.05, 0.1) is 4.90 Å². The van der Waals surface area contributed by atoms with E-state index in [0.717, 1.165) is 12.0 Å². The Hall–Kier alpha value is -2.38. The first-order chi connectivity index (χ1) is 13.4. The van der Waals surface area contributed by atoms with Crippen molar-refractivity contribution < 1.29 is 13.2 Å². The van der Waals surface area contributed by atoms with Crippen LogP contribution in [-0.2, 0) is 16.4 Å². The zero-order chi connectivity index (χ0) is 20.0. The summed E-state index contributed by atoms with van der Waals surface area (Å²) in [6.45, 7) is 3.59. The van der Waals surface area contributed by atoms with E-state index in [1.165, 1.54) is 5.56 Å². The molecule has 1 heterocycles. The fourth-order valence-corrected chi connectivity index (χ4v) is 4.58. The third kappa shape index (κ3) is 5.56. The van der Waals surface area contributed by atoms with Gasteiger partial charge < -0.3 is 10.2 Å². The monoisotopic (exact) mass is 401 g/mol. The van der Waals surface area contributed by atoms with Crippen molar-refractivity contribution in [3.05, 3.63) is 65.7 Å². The Morgan fingerprint density at radius 1 is 1.04 bits per heavy atom. The van der Waals surface area contributed by atoms with Crippen LogP contribution < -0.4 is 10.0 Å². The fourth-order valence-electron chi connectivity index (χ4n) is 3.28. The number of urea groups is 1. The number of carbonyl (C=O) groups is 1. The van der Waals surface area contributed by atoms with Crippen LogP contribution in [-0.4, -0.2) is 45.0 Å². The Labute approximate surface area is 167 Å². The maximum absolute atomic E-state index is 12.5. The molecule has 1 aliphatic heterocycles. The lowest BCUT2D eigenvalue weighted by Gasteiger charge is -2.32. The fraction of sp³-hybridized carbons (Fsp3) is 0.381. The van der Waals surface area contributed by atoms with Crippen molar-refractivity contribution >= 4 is 16.1 Å². The summed E-state index contributed by atoms with van der Waals surface area (Å²) in [5, 5.41) is 2.94. The first-order valence-corrected chi connectivity index (χ1v) is 11.1. The van der Waals surface area contributed by atoms with Crippen molar-refractivity contribution in [1.82, 2.24) is 14.9 Å². The molecule has 0 aromatic heterocycles. The van der Waals surface area contributed by atoms with Crippen LogP contribution in [0.4, 0.5) is 4.79 Å². The van der Waals surface area contributed by atoms with E-state index >= 15 is 0 Å². The number of likely N-dealkylation sites (tertiary alicyclic amines) is 1. The molecule has 0 radical (unpaired) electrons. The molecular formula is C21H27N3O3S. The Morgan fingerprint density at radius 3 is 2.32 bits per heavy atom. The average Bonchev–Trinajstić information content (AvgIpc) is 2.69. The van der Waals surface area contributed by atoms with Gasteiger partial charge in [0.2, 0.25) is 10.0 Å². The maximum Gasteiger partial charge on any atom is 0.317 e. The molecule has 1 saturated heterocycles. The molecule has 0 unspecified atom stereocenters. The summed E-state index contributed by atoms with van der Waals surface area (Å²) >= 11 is 0. The van der Waals surface area contributed by atoms with Crippen molar-refractivity contribution in [2.45, 2.75) is 37.1 Å². The van der Waals surface area contributed by atoms with Crippen molar-refractivity contribution in [1.29, 1.82) is 0 Å². The summed E-state index contributed by atoms with van der Waals surface area (Å²) in [7, 11) is -3.53. The number of nitrogens with one attached hydrogen (secondary N) is 2. The summed E-state index contributed by atoms with van der Waals surface area (Å²) in [6, 6.07) is 16.6. The van der Waals surface area contributed by atoms with Gasteiger partial charge in [-0.25, -0.2) is 17.9 Å². The molecule has 1 aliphatic rings. The molecular weight excluding hydrogens is 374 g/mol. The highest BCUT2D eigenvalue weighted by Crippen LogP contribution is 2.15. The first kappa shape index (κ1) is 20.4. The highest BCUT2D eigenvalue weighted by Gasteiger charge is 2.26. The molecule has 0 saturated carbocycles. The van der Waals surface area contributed by atoms with Crippen LogP contribution in [0.2, 0.25) is 0 Å². The second kappa shape index (κ2) is 9.21. The van der Waals surface area contributed by atoms with Gasteiger partial charge in [0, 0.05) is 25.7 Å². The van der Waals surface area contributed by atoms with Crippen LogP contribution in [0, 0.1) is 6.92 Å². The summed E-state index contributed by atoms with van der Waals surface area (Å²) in [6.07, 6.45) is 2.01. The topological polar surface area (TPSA) is 78.5 Å². The van der Waals surface area contributed by atoms with Crippen LogP contribution >= 0.6 is 0 Å². The highest BCUT2D eigenvalue weighted by molar-refractivity contribution is 7.89. The zero-order valence-corrected chi connectivity index (χ0v) is 16.9. The molecule has 0 atom stereocenters.